The van der Waals surface area contributed by atoms with Gasteiger partial charge in [0, 0.05) is 35.6 Å². The third-order valence-corrected chi connectivity index (χ3v) is 2.47. The summed E-state index contributed by atoms with van der Waals surface area (Å²) in [6, 6.07) is 4.11. The summed E-state index contributed by atoms with van der Waals surface area (Å²) < 4.78 is 0. The van der Waals surface area contributed by atoms with E-state index in [0.29, 0.717) is 0 Å². The highest BCUT2D eigenvalue weighted by Gasteiger charge is 2.27. The van der Waals surface area contributed by atoms with Gasteiger partial charge in [0.1, 0.15) is 0 Å². The van der Waals surface area contributed by atoms with Crippen LogP contribution in [0.2, 0.25) is 0 Å². The average Bonchev–Trinajstić information content (AvgIpc) is 2.78. The molecule has 1 aliphatic rings. The van der Waals surface area contributed by atoms with Crippen LogP contribution in [-0.4, -0.2) is 11.2 Å². The van der Waals surface area contributed by atoms with Crippen LogP contribution in [-0.2, 0) is 5.41 Å². The van der Waals surface area contributed by atoms with Gasteiger partial charge in [-0.2, -0.15) is 0 Å². The summed E-state index contributed by atoms with van der Waals surface area (Å²) in [7, 11) is 0. The maximum Gasteiger partial charge on any atom is 0.0482 e. The van der Waals surface area contributed by atoms with Crippen molar-refractivity contribution in [2.45, 2.75) is 19.3 Å². The minimum Gasteiger partial charge on any atom is -0.364 e. The number of nitrogens with one attached hydrogen (secondary N) is 1. The summed E-state index contributed by atoms with van der Waals surface area (Å²) in [6.07, 6.45) is 7.81. The summed E-state index contributed by atoms with van der Waals surface area (Å²) in [6.45, 7) is 4.34. The van der Waals surface area contributed by atoms with E-state index in [2.05, 4.69) is 36.0 Å². The Kier molecular flexibility index (Phi) is 1.83. The Bertz CT molecular complexity index is 342. The number of H-pyrrole nitrogens is 1. The molecule has 1 aromatic rings. The highest BCUT2D eigenvalue weighted by Crippen LogP contribution is 2.32. The van der Waals surface area contributed by atoms with Gasteiger partial charge in [0.2, 0.25) is 0 Å². The molecule has 0 amide bonds. The van der Waals surface area contributed by atoms with Crippen molar-refractivity contribution in [3.8, 4) is 0 Å². The van der Waals surface area contributed by atoms with Gasteiger partial charge in [0.15, 0.2) is 0 Å². The first-order chi connectivity index (χ1) is 6.21. The van der Waals surface area contributed by atoms with Crippen molar-refractivity contribution >= 4 is 6.21 Å². The Hall–Kier alpha value is -1.31. The standard InChI is InChI=1S/C11H13N2/c1-11(2,9-5-3-7-12-9)10-6-4-8-13-10/h3-8,12H,1-2H3. The van der Waals surface area contributed by atoms with Crippen molar-refractivity contribution in [1.29, 1.82) is 0 Å². The molecule has 1 aliphatic heterocycles. The molecule has 13 heavy (non-hydrogen) atoms. The summed E-state index contributed by atoms with van der Waals surface area (Å²) in [5.74, 6) is 0. The van der Waals surface area contributed by atoms with Crippen molar-refractivity contribution in [2.75, 3.05) is 0 Å². The van der Waals surface area contributed by atoms with Crippen LogP contribution in [0, 0.1) is 6.42 Å². The number of hydrogen-bond donors (Lipinski definition) is 1. The highest BCUT2D eigenvalue weighted by atomic mass is 14.8. The minimum atomic E-state index is -0.0208. The molecule has 1 aromatic heterocycles. The molecule has 2 rings (SSSR count). The van der Waals surface area contributed by atoms with E-state index in [0.717, 1.165) is 5.70 Å². The average molecular weight is 173 g/mol. The van der Waals surface area contributed by atoms with Crippen LogP contribution in [0.15, 0.2) is 35.1 Å². The molecular weight excluding hydrogens is 160 g/mol. The third kappa shape index (κ3) is 1.32. The van der Waals surface area contributed by atoms with Crippen LogP contribution < -0.4 is 0 Å². The van der Waals surface area contributed by atoms with Gasteiger partial charge in [0.25, 0.3) is 0 Å². The van der Waals surface area contributed by atoms with Gasteiger partial charge in [0.05, 0.1) is 0 Å². The molecule has 2 heterocycles. The lowest BCUT2D eigenvalue weighted by Gasteiger charge is -2.22. The second-order valence-corrected chi connectivity index (χ2v) is 3.73. The third-order valence-electron chi connectivity index (χ3n) is 2.47. The smallest absolute Gasteiger partial charge is 0.0482 e. The maximum absolute atomic E-state index is 4.32. The molecule has 2 nitrogen and oxygen atoms in total. The molecule has 0 unspecified atom stereocenters. The first-order valence-electron chi connectivity index (χ1n) is 4.43. The van der Waals surface area contributed by atoms with Crippen LogP contribution in [0.1, 0.15) is 19.5 Å². The molecule has 0 fully saturated rings. The zero-order valence-corrected chi connectivity index (χ0v) is 7.91. The molecule has 0 spiro atoms. The van der Waals surface area contributed by atoms with E-state index < -0.39 is 0 Å². The van der Waals surface area contributed by atoms with E-state index in [9.17, 15) is 0 Å². The van der Waals surface area contributed by atoms with Crippen LogP contribution in [0.3, 0.4) is 0 Å². The quantitative estimate of drug-likeness (QED) is 0.711. The van der Waals surface area contributed by atoms with E-state index >= 15 is 0 Å². The Labute approximate surface area is 78.4 Å². The first kappa shape index (κ1) is 8.30. The van der Waals surface area contributed by atoms with Gasteiger partial charge < -0.3 is 4.98 Å². The fourth-order valence-electron chi connectivity index (χ4n) is 1.53. The van der Waals surface area contributed by atoms with Crippen molar-refractivity contribution in [3.63, 3.8) is 0 Å². The fraction of sp³-hybridized carbons (Fsp3) is 0.273. The molecule has 67 valence electrons. The van der Waals surface area contributed by atoms with E-state index in [1.807, 2.05) is 24.9 Å². The van der Waals surface area contributed by atoms with Gasteiger partial charge in [-0.15, -0.1) is 0 Å². The van der Waals surface area contributed by atoms with Crippen molar-refractivity contribution < 1.29 is 0 Å². The Morgan fingerprint density at radius 2 is 2.23 bits per heavy atom. The summed E-state index contributed by atoms with van der Waals surface area (Å²) >= 11 is 0. The van der Waals surface area contributed by atoms with Crippen LogP contribution in [0.25, 0.3) is 0 Å². The Balaban J connectivity index is 2.35. The van der Waals surface area contributed by atoms with Crippen molar-refractivity contribution in [3.05, 3.63) is 42.2 Å². The number of aromatic amines is 1. The molecule has 2 heteroatoms. The second kappa shape index (κ2) is 2.87. The number of allylic oxidation sites excluding steroid dienone is 2. The first-order valence-corrected chi connectivity index (χ1v) is 4.43. The van der Waals surface area contributed by atoms with E-state index in [-0.39, 0.29) is 5.41 Å². The van der Waals surface area contributed by atoms with Gasteiger partial charge in [-0.3, -0.25) is 4.99 Å². The fourth-order valence-corrected chi connectivity index (χ4v) is 1.53. The molecule has 0 saturated heterocycles. The van der Waals surface area contributed by atoms with Gasteiger partial charge in [-0.05, 0) is 26.0 Å². The van der Waals surface area contributed by atoms with Crippen LogP contribution in [0.5, 0.6) is 0 Å². The van der Waals surface area contributed by atoms with Crippen molar-refractivity contribution in [1.82, 2.24) is 4.98 Å². The monoisotopic (exact) mass is 173 g/mol. The lowest BCUT2D eigenvalue weighted by atomic mass is 9.86. The number of hydrogen-bond acceptors (Lipinski definition) is 1. The minimum absolute atomic E-state index is 0.0208. The Morgan fingerprint density at radius 1 is 1.38 bits per heavy atom. The zero-order valence-electron chi connectivity index (χ0n) is 7.91. The van der Waals surface area contributed by atoms with E-state index in [4.69, 9.17) is 0 Å². The zero-order chi connectivity index (χ0) is 9.31. The van der Waals surface area contributed by atoms with E-state index in [1.54, 1.807) is 0 Å². The predicted molar refractivity (Wildman–Crippen MR) is 54.7 cm³/mol. The molecule has 0 atom stereocenters. The van der Waals surface area contributed by atoms with Gasteiger partial charge in [-0.1, -0.05) is 6.08 Å². The van der Waals surface area contributed by atoms with Gasteiger partial charge in [-0.25, -0.2) is 0 Å². The lowest BCUT2D eigenvalue weighted by Crippen LogP contribution is -2.19. The Morgan fingerprint density at radius 3 is 2.77 bits per heavy atom. The largest absolute Gasteiger partial charge is 0.364 e. The molecular formula is C11H13N2. The molecule has 0 aromatic carbocycles. The summed E-state index contributed by atoms with van der Waals surface area (Å²) in [4.78, 5) is 7.55. The van der Waals surface area contributed by atoms with Crippen LogP contribution in [0.4, 0.5) is 0 Å². The lowest BCUT2D eigenvalue weighted by molar-refractivity contribution is 0.601. The topological polar surface area (TPSA) is 28.1 Å². The molecule has 1 N–H and O–H groups in total. The predicted octanol–water partition coefficient (Wildman–Crippen LogP) is 2.46. The maximum atomic E-state index is 4.32. The normalized spacial score (nSPS) is 16.3. The van der Waals surface area contributed by atoms with Gasteiger partial charge >= 0.3 is 0 Å². The van der Waals surface area contributed by atoms with Crippen molar-refractivity contribution in [2.24, 2.45) is 4.99 Å². The summed E-state index contributed by atoms with van der Waals surface area (Å²) in [5, 5.41) is 0. The molecule has 1 radical (unpaired) electrons. The molecule has 0 aliphatic carbocycles. The number of rotatable bonds is 2. The number of aliphatic imine (C=N–C) groups is 1. The molecule has 0 saturated carbocycles. The number of aromatic nitrogens is 1. The van der Waals surface area contributed by atoms with E-state index in [1.165, 1.54) is 5.69 Å². The SMILES string of the molecule is CC(C)(C1=C[CH]C=N1)c1ccc[nH]1. The second-order valence-electron chi connectivity index (χ2n) is 3.73. The number of nitrogens with zero attached hydrogens (tertiary/aromatic N) is 1. The highest BCUT2D eigenvalue weighted by molar-refractivity contribution is 5.76. The van der Waals surface area contributed by atoms with Crippen LogP contribution >= 0.6 is 0 Å². The summed E-state index contributed by atoms with van der Waals surface area (Å²) in [5.41, 5.74) is 2.29. The molecule has 0 bridgehead atoms.